The third-order valence-corrected chi connectivity index (χ3v) is 4.72. The third kappa shape index (κ3) is 3.71. The zero-order chi connectivity index (χ0) is 18.0. The first-order chi connectivity index (χ1) is 12.0. The van der Waals surface area contributed by atoms with Crippen LogP contribution >= 0.6 is 0 Å². The largest absolute Gasteiger partial charge is 0.396 e. The summed E-state index contributed by atoms with van der Waals surface area (Å²) in [7, 11) is 0. The molecule has 1 aliphatic rings. The summed E-state index contributed by atoms with van der Waals surface area (Å²) in [5.41, 5.74) is 0.824. The van der Waals surface area contributed by atoms with Crippen molar-refractivity contribution >= 4 is 5.91 Å². The van der Waals surface area contributed by atoms with Crippen LogP contribution in [0.15, 0.2) is 24.3 Å². The van der Waals surface area contributed by atoms with Crippen LogP contribution in [-0.4, -0.2) is 33.4 Å². The standard InChI is InChI=1S/C18H21F2N3O2/c1-11-8-16(18(25)21-15-5-3-2-4-12(15)10-24)22-23(11)17-7-6-13(19)9-14(17)20/h6-9,12,15,24H,2-5,10H2,1H3,(H,21,25). The van der Waals surface area contributed by atoms with Crippen molar-refractivity contribution in [3.8, 4) is 5.69 Å². The summed E-state index contributed by atoms with van der Waals surface area (Å²) >= 11 is 0. The lowest BCUT2D eigenvalue weighted by Crippen LogP contribution is -2.43. The maximum atomic E-state index is 14.0. The summed E-state index contributed by atoms with van der Waals surface area (Å²) in [5, 5.41) is 16.5. The summed E-state index contributed by atoms with van der Waals surface area (Å²) in [5.74, 6) is -1.72. The Labute approximate surface area is 144 Å². The average Bonchev–Trinajstić information content (AvgIpc) is 2.97. The first kappa shape index (κ1) is 17.5. The van der Waals surface area contributed by atoms with Gasteiger partial charge in [0.05, 0.1) is 0 Å². The van der Waals surface area contributed by atoms with Crippen LogP contribution in [-0.2, 0) is 0 Å². The second-order valence-electron chi connectivity index (χ2n) is 6.49. The normalized spacial score (nSPS) is 20.5. The summed E-state index contributed by atoms with van der Waals surface area (Å²) < 4.78 is 28.3. The lowest BCUT2D eigenvalue weighted by atomic mass is 9.85. The van der Waals surface area contributed by atoms with E-state index in [0.717, 1.165) is 37.8 Å². The van der Waals surface area contributed by atoms with E-state index in [1.54, 1.807) is 13.0 Å². The second-order valence-corrected chi connectivity index (χ2v) is 6.49. The molecule has 134 valence electrons. The van der Waals surface area contributed by atoms with Gasteiger partial charge >= 0.3 is 0 Å². The summed E-state index contributed by atoms with van der Waals surface area (Å²) in [6, 6.07) is 4.70. The number of carbonyl (C=O) groups excluding carboxylic acids is 1. The third-order valence-electron chi connectivity index (χ3n) is 4.72. The molecule has 1 saturated carbocycles. The van der Waals surface area contributed by atoms with Crippen molar-refractivity contribution in [1.82, 2.24) is 15.1 Å². The maximum absolute atomic E-state index is 14.0. The Hall–Kier alpha value is -2.28. The number of halogens is 2. The number of amides is 1. The van der Waals surface area contributed by atoms with Crippen LogP contribution < -0.4 is 5.32 Å². The SMILES string of the molecule is Cc1cc(C(=O)NC2CCCCC2CO)nn1-c1ccc(F)cc1F. The number of carbonyl (C=O) groups is 1. The van der Waals surface area contributed by atoms with Gasteiger partial charge in [0.25, 0.3) is 5.91 Å². The Balaban J connectivity index is 1.80. The molecule has 0 spiro atoms. The quantitative estimate of drug-likeness (QED) is 0.892. The van der Waals surface area contributed by atoms with E-state index < -0.39 is 11.6 Å². The van der Waals surface area contributed by atoms with Crippen LogP contribution in [0.3, 0.4) is 0 Å². The number of benzene rings is 1. The topological polar surface area (TPSA) is 67.2 Å². The van der Waals surface area contributed by atoms with Crippen molar-refractivity contribution in [2.24, 2.45) is 5.92 Å². The van der Waals surface area contributed by atoms with E-state index in [4.69, 9.17) is 0 Å². The van der Waals surface area contributed by atoms with Gasteiger partial charge < -0.3 is 10.4 Å². The number of aliphatic hydroxyl groups excluding tert-OH is 1. The molecule has 1 heterocycles. The van der Waals surface area contributed by atoms with Crippen LogP contribution in [0, 0.1) is 24.5 Å². The maximum Gasteiger partial charge on any atom is 0.272 e. The van der Waals surface area contributed by atoms with Crippen molar-refractivity contribution in [3.05, 3.63) is 47.3 Å². The molecule has 1 aliphatic carbocycles. The highest BCUT2D eigenvalue weighted by molar-refractivity contribution is 5.92. The molecular weight excluding hydrogens is 328 g/mol. The molecule has 1 aromatic heterocycles. The number of hydrogen-bond acceptors (Lipinski definition) is 3. The Morgan fingerprint density at radius 3 is 2.80 bits per heavy atom. The fourth-order valence-electron chi connectivity index (χ4n) is 3.34. The van der Waals surface area contributed by atoms with Gasteiger partial charge in [-0.25, -0.2) is 13.5 Å². The minimum absolute atomic E-state index is 0.0409. The lowest BCUT2D eigenvalue weighted by Gasteiger charge is -2.30. The Morgan fingerprint density at radius 2 is 2.08 bits per heavy atom. The summed E-state index contributed by atoms with van der Waals surface area (Å²) in [6.07, 6.45) is 3.77. The van der Waals surface area contributed by atoms with Crippen LogP contribution in [0.5, 0.6) is 0 Å². The Morgan fingerprint density at radius 1 is 1.32 bits per heavy atom. The summed E-state index contributed by atoms with van der Waals surface area (Å²) in [4.78, 5) is 12.5. The zero-order valence-corrected chi connectivity index (χ0v) is 14.0. The molecule has 5 nitrogen and oxygen atoms in total. The molecule has 1 amide bonds. The monoisotopic (exact) mass is 349 g/mol. The molecule has 25 heavy (non-hydrogen) atoms. The minimum atomic E-state index is -0.745. The fourth-order valence-corrected chi connectivity index (χ4v) is 3.34. The molecule has 0 aliphatic heterocycles. The molecule has 2 unspecified atom stereocenters. The molecule has 2 aromatic rings. The second kappa shape index (κ2) is 7.31. The number of aromatic nitrogens is 2. The fraction of sp³-hybridized carbons (Fsp3) is 0.444. The predicted molar refractivity (Wildman–Crippen MR) is 88.5 cm³/mol. The first-order valence-corrected chi connectivity index (χ1v) is 8.43. The van der Waals surface area contributed by atoms with Crippen molar-refractivity contribution in [3.63, 3.8) is 0 Å². The van der Waals surface area contributed by atoms with Crippen LogP contribution in [0.25, 0.3) is 5.69 Å². The molecule has 1 fully saturated rings. The molecule has 2 N–H and O–H groups in total. The number of hydrogen-bond donors (Lipinski definition) is 2. The van der Waals surface area contributed by atoms with E-state index in [9.17, 15) is 18.7 Å². The van der Waals surface area contributed by atoms with Gasteiger partial charge in [-0.15, -0.1) is 0 Å². The van der Waals surface area contributed by atoms with Gasteiger partial charge in [0, 0.05) is 30.3 Å². The molecule has 0 radical (unpaired) electrons. The molecule has 2 atom stereocenters. The molecule has 0 saturated heterocycles. The van der Waals surface area contributed by atoms with Gasteiger partial charge in [0.2, 0.25) is 0 Å². The van der Waals surface area contributed by atoms with Gasteiger partial charge in [-0.1, -0.05) is 12.8 Å². The zero-order valence-electron chi connectivity index (χ0n) is 14.0. The smallest absolute Gasteiger partial charge is 0.272 e. The van der Waals surface area contributed by atoms with Gasteiger partial charge in [-0.3, -0.25) is 4.79 Å². The van der Waals surface area contributed by atoms with Crippen molar-refractivity contribution < 1.29 is 18.7 Å². The molecule has 3 rings (SSSR count). The van der Waals surface area contributed by atoms with E-state index in [-0.39, 0.29) is 35.9 Å². The number of rotatable bonds is 4. The number of aliphatic hydroxyl groups is 1. The number of aryl methyl sites for hydroxylation is 1. The summed E-state index contributed by atoms with van der Waals surface area (Å²) in [6.45, 7) is 1.74. The lowest BCUT2D eigenvalue weighted by molar-refractivity contribution is 0.0867. The first-order valence-electron chi connectivity index (χ1n) is 8.43. The number of nitrogens with zero attached hydrogens (tertiary/aromatic N) is 2. The van der Waals surface area contributed by atoms with Crippen molar-refractivity contribution in [2.75, 3.05) is 6.61 Å². The van der Waals surface area contributed by atoms with E-state index >= 15 is 0 Å². The molecule has 7 heteroatoms. The molecule has 1 aromatic carbocycles. The van der Waals surface area contributed by atoms with Crippen molar-refractivity contribution in [2.45, 2.75) is 38.6 Å². The van der Waals surface area contributed by atoms with E-state index in [0.29, 0.717) is 5.69 Å². The number of nitrogens with one attached hydrogen (secondary N) is 1. The van der Waals surface area contributed by atoms with E-state index in [1.165, 1.54) is 10.7 Å². The van der Waals surface area contributed by atoms with Crippen molar-refractivity contribution in [1.29, 1.82) is 0 Å². The van der Waals surface area contributed by atoms with Gasteiger partial charge in [0.15, 0.2) is 11.5 Å². The minimum Gasteiger partial charge on any atom is -0.396 e. The van der Waals surface area contributed by atoms with Gasteiger partial charge in [-0.2, -0.15) is 5.10 Å². The molecule has 0 bridgehead atoms. The highest BCUT2D eigenvalue weighted by Gasteiger charge is 2.27. The highest BCUT2D eigenvalue weighted by Crippen LogP contribution is 2.24. The van der Waals surface area contributed by atoms with Crippen LogP contribution in [0.1, 0.15) is 41.9 Å². The van der Waals surface area contributed by atoms with Gasteiger partial charge in [0.1, 0.15) is 11.5 Å². The van der Waals surface area contributed by atoms with E-state index in [2.05, 4.69) is 10.4 Å². The Kier molecular flexibility index (Phi) is 5.13. The predicted octanol–water partition coefficient (Wildman–Crippen LogP) is 2.74. The Bertz CT molecular complexity index is 776. The highest BCUT2D eigenvalue weighted by atomic mass is 19.1. The molecular formula is C18H21F2N3O2. The van der Waals surface area contributed by atoms with Crippen LogP contribution in [0.4, 0.5) is 8.78 Å². The van der Waals surface area contributed by atoms with E-state index in [1.807, 2.05) is 0 Å². The average molecular weight is 349 g/mol. The van der Waals surface area contributed by atoms with Crippen LogP contribution in [0.2, 0.25) is 0 Å². The van der Waals surface area contributed by atoms with Gasteiger partial charge in [-0.05, 0) is 38.0 Å².